The molecule has 1 aromatic rings. The fraction of sp³-hybridized carbons (Fsp3) is 0.750. The Bertz CT molecular complexity index is 475. The summed E-state index contributed by atoms with van der Waals surface area (Å²) in [5.41, 5.74) is 0. The number of hydrogen-bond donors (Lipinski definition) is 0. The van der Waals surface area contributed by atoms with E-state index in [9.17, 15) is 0 Å². The second kappa shape index (κ2) is 7.24. The fourth-order valence-corrected chi connectivity index (χ4v) is 3.49. The Morgan fingerprint density at radius 2 is 2.00 bits per heavy atom. The van der Waals surface area contributed by atoms with Gasteiger partial charge in [-0.15, -0.1) is 0 Å². The van der Waals surface area contributed by atoms with Gasteiger partial charge in [0.15, 0.2) is 0 Å². The van der Waals surface area contributed by atoms with Crippen molar-refractivity contribution in [2.45, 2.75) is 25.3 Å². The zero-order chi connectivity index (χ0) is 15.4. The molecule has 22 heavy (non-hydrogen) atoms. The maximum atomic E-state index is 5.18. The Morgan fingerprint density at radius 3 is 2.68 bits per heavy atom. The Hall–Kier alpha value is -1.40. The van der Waals surface area contributed by atoms with E-state index >= 15 is 0 Å². The highest BCUT2D eigenvalue weighted by Crippen LogP contribution is 2.20. The van der Waals surface area contributed by atoms with E-state index in [1.165, 1.54) is 32.4 Å². The number of ether oxygens (including phenoxy) is 1. The third-order valence-electron chi connectivity index (χ3n) is 4.98. The van der Waals surface area contributed by atoms with E-state index in [1.807, 2.05) is 6.07 Å². The monoisotopic (exact) mass is 305 g/mol. The van der Waals surface area contributed by atoms with Gasteiger partial charge in [-0.05, 0) is 39.4 Å². The van der Waals surface area contributed by atoms with E-state index in [-0.39, 0.29) is 0 Å². The molecule has 2 fully saturated rings. The fourth-order valence-electron chi connectivity index (χ4n) is 3.49. The summed E-state index contributed by atoms with van der Waals surface area (Å²) in [7, 11) is 3.90. The molecule has 2 aliphatic rings. The molecule has 3 rings (SSSR count). The molecule has 1 aromatic heterocycles. The average Bonchev–Trinajstić information content (AvgIpc) is 2.98. The van der Waals surface area contributed by atoms with Crippen LogP contribution < -0.4 is 9.64 Å². The van der Waals surface area contributed by atoms with Crippen LogP contribution in [0.4, 0.5) is 5.82 Å². The molecule has 2 saturated heterocycles. The summed E-state index contributed by atoms with van der Waals surface area (Å²) >= 11 is 0. The lowest BCUT2D eigenvalue weighted by Crippen LogP contribution is -2.47. The first-order valence-corrected chi connectivity index (χ1v) is 8.30. The lowest BCUT2D eigenvalue weighted by Gasteiger charge is -2.36. The van der Waals surface area contributed by atoms with E-state index in [0.717, 1.165) is 38.0 Å². The molecule has 0 bridgehead atoms. The zero-order valence-electron chi connectivity index (χ0n) is 13.7. The van der Waals surface area contributed by atoms with Crippen molar-refractivity contribution in [1.29, 1.82) is 0 Å². The van der Waals surface area contributed by atoms with Crippen molar-refractivity contribution in [2.24, 2.45) is 0 Å². The van der Waals surface area contributed by atoms with Crippen molar-refractivity contribution < 1.29 is 4.74 Å². The highest BCUT2D eigenvalue weighted by molar-refractivity contribution is 5.41. The van der Waals surface area contributed by atoms with Crippen LogP contribution in [0.15, 0.2) is 12.4 Å². The molecule has 0 spiro atoms. The molecule has 0 radical (unpaired) electrons. The molecule has 122 valence electrons. The van der Waals surface area contributed by atoms with Gasteiger partial charge in [-0.3, -0.25) is 4.90 Å². The van der Waals surface area contributed by atoms with Gasteiger partial charge in [0.25, 0.3) is 0 Å². The Morgan fingerprint density at radius 1 is 1.18 bits per heavy atom. The maximum Gasteiger partial charge on any atom is 0.218 e. The van der Waals surface area contributed by atoms with Crippen LogP contribution in [-0.2, 0) is 0 Å². The molecule has 1 atom stereocenters. The van der Waals surface area contributed by atoms with Crippen molar-refractivity contribution in [3.63, 3.8) is 0 Å². The first-order valence-electron chi connectivity index (χ1n) is 8.30. The molecular weight excluding hydrogens is 278 g/mol. The molecule has 0 N–H and O–H groups in total. The van der Waals surface area contributed by atoms with Crippen LogP contribution in [0.25, 0.3) is 0 Å². The molecule has 6 nitrogen and oxygen atoms in total. The normalized spacial score (nSPS) is 23.9. The summed E-state index contributed by atoms with van der Waals surface area (Å²) in [6, 6.07) is 2.72. The van der Waals surface area contributed by atoms with Crippen LogP contribution in [0, 0.1) is 0 Å². The Kier molecular flexibility index (Phi) is 5.10. The molecule has 3 heterocycles. The highest BCUT2D eigenvalue weighted by Gasteiger charge is 2.23. The number of methoxy groups -OCH3 is 1. The number of nitrogens with zero attached hydrogens (tertiary/aromatic N) is 5. The number of aromatic nitrogens is 2. The molecule has 0 aromatic carbocycles. The third-order valence-corrected chi connectivity index (χ3v) is 4.98. The van der Waals surface area contributed by atoms with Crippen molar-refractivity contribution >= 4 is 5.82 Å². The summed E-state index contributed by atoms with van der Waals surface area (Å²) in [4.78, 5) is 15.9. The Labute approximate surface area is 133 Å². The van der Waals surface area contributed by atoms with E-state index in [2.05, 4.69) is 31.7 Å². The topological polar surface area (TPSA) is 44.7 Å². The van der Waals surface area contributed by atoms with Crippen LogP contribution in [0.2, 0.25) is 0 Å². The molecular formula is C16H27N5O. The van der Waals surface area contributed by atoms with Gasteiger partial charge < -0.3 is 14.5 Å². The minimum atomic E-state index is 0.636. The van der Waals surface area contributed by atoms with E-state index in [1.54, 1.807) is 13.4 Å². The molecule has 0 saturated carbocycles. The van der Waals surface area contributed by atoms with E-state index in [4.69, 9.17) is 4.74 Å². The van der Waals surface area contributed by atoms with E-state index in [0.29, 0.717) is 5.88 Å². The van der Waals surface area contributed by atoms with Crippen LogP contribution in [-0.4, -0.2) is 79.2 Å². The van der Waals surface area contributed by atoms with Crippen molar-refractivity contribution in [3.8, 4) is 5.88 Å². The predicted octanol–water partition coefficient (Wildman–Crippen LogP) is 1.09. The quantitative estimate of drug-likeness (QED) is 0.811. The van der Waals surface area contributed by atoms with Gasteiger partial charge in [-0.25, -0.2) is 9.97 Å². The number of rotatable bonds is 5. The summed E-state index contributed by atoms with van der Waals surface area (Å²) in [5, 5.41) is 0. The second-order valence-corrected chi connectivity index (χ2v) is 6.31. The molecule has 2 aliphatic heterocycles. The molecule has 6 heteroatoms. The number of likely N-dealkylation sites (tertiary alicyclic amines) is 1. The molecule has 0 aliphatic carbocycles. The minimum absolute atomic E-state index is 0.636. The predicted molar refractivity (Wildman–Crippen MR) is 87.5 cm³/mol. The Balaban J connectivity index is 1.45. The van der Waals surface area contributed by atoms with Gasteiger partial charge in [0.05, 0.1) is 7.11 Å². The molecule has 1 unspecified atom stereocenters. The number of anilines is 1. The van der Waals surface area contributed by atoms with Crippen LogP contribution in [0.3, 0.4) is 0 Å². The summed E-state index contributed by atoms with van der Waals surface area (Å²) in [6.45, 7) is 6.77. The standard InChI is InChI=1S/C16H27N5O/c1-19-6-3-4-14(19)5-7-20-8-10-21(11-9-20)15-12-16(22-2)18-13-17-15/h12-14H,3-11H2,1-2H3. The maximum absolute atomic E-state index is 5.18. The first-order chi connectivity index (χ1) is 10.8. The summed E-state index contributed by atoms with van der Waals surface area (Å²) in [6.07, 6.45) is 5.62. The largest absolute Gasteiger partial charge is 0.481 e. The van der Waals surface area contributed by atoms with Crippen molar-refractivity contribution in [1.82, 2.24) is 19.8 Å². The average molecular weight is 305 g/mol. The minimum Gasteiger partial charge on any atom is -0.481 e. The van der Waals surface area contributed by atoms with Gasteiger partial charge in [0.1, 0.15) is 12.1 Å². The van der Waals surface area contributed by atoms with Crippen LogP contribution >= 0.6 is 0 Å². The van der Waals surface area contributed by atoms with Gasteiger partial charge in [-0.1, -0.05) is 0 Å². The lowest BCUT2D eigenvalue weighted by molar-refractivity contribution is 0.214. The van der Waals surface area contributed by atoms with Gasteiger partial charge >= 0.3 is 0 Å². The van der Waals surface area contributed by atoms with Crippen molar-refractivity contribution in [2.75, 3.05) is 58.3 Å². The van der Waals surface area contributed by atoms with Crippen molar-refractivity contribution in [3.05, 3.63) is 12.4 Å². The van der Waals surface area contributed by atoms with Gasteiger partial charge in [0.2, 0.25) is 5.88 Å². The zero-order valence-corrected chi connectivity index (χ0v) is 13.7. The van der Waals surface area contributed by atoms with Crippen LogP contribution in [0.1, 0.15) is 19.3 Å². The number of piperazine rings is 1. The smallest absolute Gasteiger partial charge is 0.218 e. The highest BCUT2D eigenvalue weighted by atomic mass is 16.5. The van der Waals surface area contributed by atoms with Crippen LogP contribution in [0.5, 0.6) is 5.88 Å². The second-order valence-electron chi connectivity index (χ2n) is 6.31. The SMILES string of the molecule is COc1cc(N2CCN(CCC3CCCN3C)CC2)ncn1. The number of hydrogen-bond acceptors (Lipinski definition) is 6. The van der Waals surface area contributed by atoms with Gasteiger partial charge in [0, 0.05) is 38.3 Å². The van der Waals surface area contributed by atoms with E-state index < -0.39 is 0 Å². The summed E-state index contributed by atoms with van der Waals surface area (Å²) in [5.74, 6) is 1.61. The molecule has 0 amide bonds. The first kappa shape index (κ1) is 15.5. The van der Waals surface area contributed by atoms with Gasteiger partial charge in [-0.2, -0.15) is 0 Å². The summed E-state index contributed by atoms with van der Waals surface area (Å²) < 4.78 is 5.18. The lowest BCUT2D eigenvalue weighted by atomic mass is 10.1. The third kappa shape index (κ3) is 3.67.